The molecule has 1 fully saturated rings. The van der Waals surface area contributed by atoms with Crippen molar-refractivity contribution in [3.8, 4) is 0 Å². The lowest BCUT2D eigenvalue weighted by Crippen LogP contribution is -2.20. The molecule has 1 saturated heterocycles. The van der Waals surface area contributed by atoms with Gasteiger partial charge in [0.05, 0.1) is 6.42 Å². The van der Waals surface area contributed by atoms with E-state index >= 15 is 0 Å². The lowest BCUT2D eigenvalue weighted by molar-refractivity contribution is -0.145. The zero-order valence-electron chi connectivity index (χ0n) is 5.46. The van der Waals surface area contributed by atoms with E-state index in [9.17, 15) is 9.59 Å². The van der Waals surface area contributed by atoms with Gasteiger partial charge in [0, 0.05) is 5.92 Å². The van der Waals surface area contributed by atoms with E-state index in [1.807, 2.05) is 0 Å². The summed E-state index contributed by atoms with van der Waals surface area (Å²) in [4.78, 5) is 21.0. The first kappa shape index (κ1) is 7.54. The summed E-state index contributed by atoms with van der Waals surface area (Å²) in [7, 11) is 0. The van der Waals surface area contributed by atoms with Crippen LogP contribution in [0.3, 0.4) is 0 Å². The van der Waals surface area contributed by atoms with Crippen molar-refractivity contribution >= 4 is 22.8 Å². The van der Waals surface area contributed by atoms with Crippen LogP contribution < -0.4 is 0 Å². The highest BCUT2D eigenvalue weighted by molar-refractivity contribution is 6.64. The van der Waals surface area contributed by atoms with Gasteiger partial charge in [-0.1, -0.05) is 6.92 Å². The van der Waals surface area contributed by atoms with Crippen molar-refractivity contribution in [2.45, 2.75) is 19.4 Å². The zero-order chi connectivity index (χ0) is 7.72. The summed E-state index contributed by atoms with van der Waals surface area (Å²) >= 11 is 5.13. The molecule has 0 aromatic rings. The van der Waals surface area contributed by atoms with Gasteiger partial charge in [0.1, 0.15) is 0 Å². The van der Waals surface area contributed by atoms with E-state index in [4.69, 9.17) is 11.6 Å². The fourth-order valence-corrected chi connectivity index (χ4v) is 1.21. The SMILES string of the molecule is CC1CC(=O)OC1C(=O)Cl. The number of carbonyl (C=O) groups is 2. The van der Waals surface area contributed by atoms with E-state index in [2.05, 4.69) is 4.74 Å². The Morgan fingerprint density at radius 3 is 2.60 bits per heavy atom. The van der Waals surface area contributed by atoms with E-state index in [1.165, 1.54) is 0 Å². The Bertz CT molecular complexity index is 178. The Labute approximate surface area is 63.3 Å². The van der Waals surface area contributed by atoms with E-state index in [1.54, 1.807) is 6.92 Å². The minimum absolute atomic E-state index is 0.0718. The molecule has 3 nitrogen and oxygen atoms in total. The minimum atomic E-state index is -0.714. The van der Waals surface area contributed by atoms with E-state index in [-0.39, 0.29) is 11.9 Å². The molecule has 0 aromatic heterocycles. The van der Waals surface area contributed by atoms with Crippen molar-refractivity contribution in [2.24, 2.45) is 5.92 Å². The van der Waals surface area contributed by atoms with Gasteiger partial charge in [0.25, 0.3) is 5.24 Å². The third-order valence-electron chi connectivity index (χ3n) is 1.49. The molecule has 0 amide bonds. The molecule has 0 aliphatic carbocycles. The second kappa shape index (κ2) is 2.58. The molecule has 4 heteroatoms. The molecular formula is C6H7ClO3. The Hall–Kier alpha value is -0.570. The quantitative estimate of drug-likeness (QED) is 0.421. The molecule has 2 unspecified atom stereocenters. The average molecular weight is 163 g/mol. The van der Waals surface area contributed by atoms with Crippen LogP contribution in [0.2, 0.25) is 0 Å². The maximum Gasteiger partial charge on any atom is 0.306 e. The van der Waals surface area contributed by atoms with Crippen LogP contribution in [0.1, 0.15) is 13.3 Å². The van der Waals surface area contributed by atoms with Crippen LogP contribution in [0, 0.1) is 5.92 Å². The van der Waals surface area contributed by atoms with Crippen LogP contribution in [-0.4, -0.2) is 17.3 Å². The molecule has 0 bridgehead atoms. The van der Waals surface area contributed by atoms with Crippen LogP contribution in [0.15, 0.2) is 0 Å². The molecule has 0 saturated carbocycles. The standard InChI is InChI=1S/C6H7ClO3/c1-3-2-4(8)10-5(3)6(7)9/h3,5H,2H2,1H3. The molecule has 0 spiro atoms. The van der Waals surface area contributed by atoms with Crippen LogP contribution >= 0.6 is 11.6 Å². The van der Waals surface area contributed by atoms with Gasteiger partial charge < -0.3 is 4.74 Å². The molecule has 1 aliphatic rings. The van der Waals surface area contributed by atoms with Crippen LogP contribution in [0.25, 0.3) is 0 Å². The number of carbonyl (C=O) groups excluding carboxylic acids is 2. The normalized spacial score (nSPS) is 32.0. The molecule has 1 rings (SSSR count). The molecule has 2 atom stereocenters. The van der Waals surface area contributed by atoms with Gasteiger partial charge in [0.15, 0.2) is 6.10 Å². The summed E-state index contributed by atoms with van der Waals surface area (Å²) in [5.74, 6) is -0.413. The van der Waals surface area contributed by atoms with Gasteiger partial charge in [-0.25, -0.2) is 0 Å². The third-order valence-corrected chi connectivity index (χ3v) is 1.70. The number of hydrogen-bond donors (Lipinski definition) is 0. The number of esters is 1. The van der Waals surface area contributed by atoms with Gasteiger partial charge in [-0.05, 0) is 11.6 Å². The van der Waals surface area contributed by atoms with Crippen molar-refractivity contribution in [1.29, 1.82) is 0 Å². The van der Waals surface area contributed by atoms with Crippen LogP contribution in [0.5, 0.6) is 0 Å². The summed E-state index contributed by atoms with van der Waals surface area (Å²) in [6.07, 6.45) is -0.419. The lowest BCUT2D eigenvalue weighted by atomic mass is 10.1. The van der Waals surface area contributed by atoms with Gasteiger partial charge in [0.2, 0.25) is 0 Å². The number of halogens is 1. The Kier molecular flexibility index (Phi) is 1.94. The van der Waals surface area contributed by atoms with Crippen LogP contribution in [0.4, 0.5) is 0 Å². The van der Waals surface area contributed by atoms with E-state index < -0.39 is 11.3 Å². The van der Waals surface area contributed by atoms with Gasteiger partial charge >= 0.3 is 5.97 Å². The van der Waals surface area contributed by atoms with Crippen LogP contribution in [-0.2, 0) is 14.3 Å². The summed E-state index contributed by atoms with van der Waals surface area (Å²) in [6, 6.07) is 0. The molecule has 56 valence electrons. The summed E-state index contributed by atoms with van der Waals surface area (Å²) < 4.78 is 4.61. The number of rotatable bonds is 1. The van der Waals surface area contributed by atoms with Gasteiger partial charge in [-0.15, -0.1) is 0 Å². The lowest BCUT2D eigenvalue weighted by Gasteiger charge is -2.05. The second-order valence-corrected chi connectivity index (χ2v) is 2.77. The first-order valence-corrected chi connectivity index (χ1v) is 3.38. The molecular weight excluding hydrogens is 156 g/mol. The summed E-state index contributed by atoms with van der Waals surface area (Å²) in [5, 5.41) is -0.585. The van der Waals surface area contributed by atoms with Gasteiger partial charge in [-0.2, -0.15) is 0 Å². The molecule has 10 heavy (non-hydrogen) atoms. The summed E-state index contributed by atoms with van der Waals surface area (Å²) in [5.41, 5.74) is 0. The number of hydrogen-bond acceptors (Lipinski definition) is 3. The number of ether oxygens (including phenoxy) is 1. The predicted molar refractivity (Wildman–Crippen MR) is 34.5 cm³/mol. The molecule has 1 aliphatic heterocycles. The Balaban J connectivity index is 2.63. The number of cyclic esters (lactones) is 1. The second-order valence-electron chi connectivity index (χ2n) is 2.40. The molecule has 0 N–H and O–H groups in total. The highest BCUT2D eigenvalue weighted by Crippen LogP contribution is 2.22. The van der Waals surface area contributed by atoms with Crippen molar-refractivity contribution in [1.82, 2.24) is 0 Å². The molecule has 1 heterocycles. The zero-order valence-corrected chi connectivity index (χ0v) is 6.22. The van der Waals surface area contributed by atoms with Crippen molar-refractivity contribution in [3.63, 3.8) is 0 Å². The highest BCUT2D eigenvalue weighted by atomic mass is 35.5. The molecule has 0 aromatic carbocycles. The smallest absolute Gasteiger partial charge is 0.306 e. The third kappa shape index (κ3) is 1.29. The maximum absolute atomic E-state index is 10.5. The average Bonchev–Trinajstić information content (AvgIpc) is 2.10. The minimum Gasteiger partial charge on any atom is -0.453 e. The monoisotopic (exact) mass is 162 g/mol. The topological polar surface area (TPSA) is 43.4 Å². The molecule has 0 radical (unpaired) electrons. The largest absolute Gasteiger partial charge is 0.453 e. The van der Waals surface area contributed by atoms with Crippen molar-refractivity contribution < 1.29 is 14.3 Å². The summed E-state index contributed by atoms with van der Waals surface area (Å²) in [6.45, 7) is 1.76. The van der Waals surface area contributed by atoms with E-state index in [0.717, 1.165) is 0 Å². The predicted octanol–water partition coefficient (Wildman–Crippen LogP) is 0.703. The van der Waals surface area contributed by atoms with Gasteiger partial charge in [-0.3, -0.25) is 9.59 Å². The Morgan fingerprint density at radius 1 is 1.80 bits per heavy atom. The fourth-order valence-electron chi connectivity index (χ4n) is 0.946. The maximum atomic E-state index is 10.5. The first-order chi connectivity index (χ1) is 4.61. The fraction of sp³-hybridized carbons (Fsp3) is 0.667. The van der Waals surface area contributed by atoms with Crippen molar-refractivity contribution in [3.05, 3.63) is 0 Å². The van der Waals surface area contributed by atoms with Crippen molar-refractivity contribution in [2.75, 3.05) is 0 Å². The van der Waals surface area contributed by atoms with E-state index in [0.29, 0.717) is 6.42 Å². The highest BCUT2D eigenvalue weighted by Gasteiger charge is 2.35. The Morgan fingerprint density at radius 2 is 2.40 bits per heavy atom. The first-order valence-electron chi connectivity index (χ1n) is 3.00.